The number of rotatable bonds is 8. The molecule has 3 rings (SSSR count). The summed E-state index contributed by atoms with van der Waals surface area (Å²) in [5.41, 5.74) is 1.14. The van der Waals surface area contributed by atoms with E-state index in [-0.39, 0.29) is 18.0 Å². The summed E-state index contributed by atoms with van der Waals surface area (Å²) in [6, 6.07) is 14.8. The van der Waals surface area contributed by atoms with E-state index in [9.17, 15) is 21.6 Å². The number of morpholine rings is 1. The van der Waals surface area contributed by atoms with Crippen LogP contribution in [0.3, 0.4) is 0 Å². The van der Waals surface area contributed by atoms with Gasteiger partial charge in [-0.1, -0.05) is 30.3 Å². The molecule has 1 saturated heterocycles. The molecule has 0 aromatic heterocycles. The Kier molecular flexibility index (Phi) is 7.44. The van der Waals surface area contributed by atoms with Crippen LogP contribution in [-0.4, -0.2) is 70.5 Å². The molecule has 1 N–H and O–H groups in total. The molecule has 2 aromatic rings. The van der Waals surface area contributed by atoms with Gasteiger partial charge in [0, 0.05) is 25.3 Å². The third-order valence-electron chi connectivity index (χ3n) is 4.74. The highest BCUT2D eigenvalue weighted by atomic mass is 32.2. The summed E-state index contributed by atoms with van der Waals surface area (Å²) in [6.07, 6.45) is 1.05. The molecule has 0 atom stereocenters. The van der Waals surface area contributed by atoms with E-state index in [1.165, 1.54) is 28.6 Å². The molecule has 0 saturated carbocycles. The first-order valence-corrected chi connectivity index (χ1v) is 12.9. The van der Waals surface area contributed by atoms with Crippen LogP contribution in [0, 0.1) is 0 Å². The second-order valence-corrected chi connectivity index (χ2v) is 11.0. The molecule has 0 radical (unpaired) electrons. The zero-order valence-corrected chi connectivity index (χ0v) is 18.7. The standard InChI is InChI=1S/C20H25N3O6S2/c1-30(25,26)23(15-17-5-3-2-4-6-17)16-20(24)21-18-7-9-19(10-8-18)31(27,28)22-11-13-29-14-12-22/h2-10H,11-16H2,1H3,(H,21,24). The molecule has 168 valence electrons. The zero-order chi connectivity index (χ0) is 22.5. The Hall–Kier alpha value is -2.31. The van der Waals surface area contributed by atoms with Crippen LogP contribution in [-0.2, 0) is 36.1 Å². The normalized spacial score (nSPS) is 15.7. The van der Waals surface area contributed by atoms with Crippen molar-refractivity contribution in [3.05, 3.63) is 60.2 Å². The third kappa shape index (κ3) is 6.34. The van der Waals surface area contributed by atoms with Crippen molar-refractivity contribution >= 4 is 31.6 Å². The fourth-order valence-electron chi connectivity index (χ4n) is 3.08. The number of amides is 1. The number of carbonyl (C=O) groups excluding carboxylic acids is 1. The predicted octanol–water partition coefficient (Wildman–Crippen LogP) is 1.11. The molecular formula is C20H25N3O6S2. The van der Waals surface area contributed by atoms with Crippen molar-refractivity contribution in [3.63, 3.8) is 0 Å². The molecule has 2 aromatic carbocycles. The first-order chi connectivity index (χ1) is 14.7. The van der Waals surface area contributed by atoms with Crippen LogP contribution in [0.15, 0.2) is 59.5 Å². The highest BCUT2D eigenvalue weighted by molar-refractivity contribution is 7.89. The van der Waals surface area contributed by atoms with Gasteiger partial charge < -0.3 is 10.1 Å². The van der Waals surface area contributed by atoms with Gasteiger partial charge in [0.25, 0.3) is 0 Å². The lowest BCUT2D eigenvalue weighted by atomic mass is 10.2. The molecule has 0 aliphatic carbocycles. The van der Waals surface area contributed by atoms with Crippen molar-refractivity contribution in [1.82, 2.24) is 8.61 Å². The number of nitrogens with zero attached hydrogens (tertiary/aromatic N) is 2. The van der Waals surface area contributed by atoms with Gasteiger partial charge in [0.1, 0.15) is 0 Å². The van der Waals surface area contributed by atoms with Gasteiger partial charge >= 0.3 is 0 Å². The van der Waals surface area contributed by atoms with Crippen LogP contribution in [0.2, 0.25) is 0 Å². The van der Waals surface area contributed by atoms with Crippen molar-refractivity contribution in [2.45, 2.75) is 11.4 Å². The number of carbonyl (C=O) groups is 1. The minimum Gasteiger partial charge on any atom is -0.379 e. The maximum Gasteiger partial charge on any atom is 0.243 e. The molecule has 1 amide bonds. The third-order valence-corrected chi connectivity index (χ3v) is 7.85. The van der Waals surface area contributed by atoms with Crippen LogP contribution in [0.25, 0.3) is 0 Å². The van der Waals surface area contributed by atoms with E-state index in [2.05, 4.69) is 5.32 Å². The monoisotopic (exact) mass is 467 g/mol. The van der Waals surface area contributed by atoms with Crippen LogP contribution >= 0.6 is 0 Å². The largest absolute Gasteiger partial charge is 0.379 e. The molecule has 1 heterocycles. The maximum atomic E-state index is 12.7. The number of sulfonamides is 2. The van der Waals surface area contributed by atoms with E-state index in [4.69, 9.17) is 4.74 Å². The molecule has 31 heavy (non-hydrogen) atoms. The van der Waals surface area contributed by atoms with E-state index in [1.54, 1.807) is 24.3 Å². The molecular weight excluding hydrogens is 442 g/mol. The zero-order valence-electron chi connectivity index (χ0n) is 17.1. The van der Waals surface area contributed by atoms with Gasteiger partial charge in [0.2, 0.25) is 26.0 Å². The van der Waals surface area contributed by atoms with Crippen LogP contribution in [0.5, 0.6) is 0 Å². The van der Waals surface area contributed by atoms with Crippen molar-refractivity contribution < 1.29 is 26.4 Å². The number of anilines is 1. The van der Waals surface area contributed by atoms with E-state index < -0.39 is 26.0 Å². The van der Waals surface area contributed by atoms with Crippen molar-refractivity contribution in [1.29, 1.82) is 0 Å². The van der Waals surface area contributed by atoms with Gasteiger partial charge in [0.05, 0.1) is 30.9 Å². The number of ether oxygens (including phenoxy) is 1. The Morgan fingerprint density at radius 3 is 2.19 bits per heavy atom. The second-order valence-electron chi connectivity index (χ2n) is 7.11. The Bertz CT molecular complexity index is 1100. The molecule has 0 unspecified atom stereocenters. The molecule has 1 aliphatic heterocycles. The SMILES string of the molecule is CS(=O)(=O)N(CC(=O)Nc1ccc(S(=O)(=O)N2CCOCC2)cc1)Cc1ccccc1. The number of benzene rings is 2. The van der Waals surface area contributed by atoms with Crippen LogP contribution < -0.4 is 5.32 Å². The molecule has 1 fully saturated rings. The Labute approximate surface area is 182 Å². The van der Waals surface area contributed by atoms with E-state index in [0.29, 0.717) is 32.0 Å². The lowest BCUT2D eigenvalue weighted by molar-refractivity contribution is -0.116. The first kappa shape index (κ1) is 23.4. The first-order valence-electron chi connectivity index (χ1n) is 9.63. The molecule has 0 bridgehead atoms. The van der Waals surface area contributed by atoms with Gasteiger partial charge in [-0.15, -0.1) is 0 Å². The summed E-state index contributed by atoms with van der Waals surface area (Å²) >= 11 is 0. The second kappa shape index (κ2) is 9.88. The average Bonchev–Trinajstić information content (AvgIpc) is 2.74. The van der Waals surface area contributed by atoms with Gasteiger partial charge in [-0.2, -0.15) is 8.61 Å². The summed E-state index contributed by atoms with van der Waals surface area (Å²) in [4.78, 5) is 12.6. The van der Waals surface area contributed by atoms with Crippen molar-refractivity contribution in [3.8, 4) is 0 Å². The number of hydrogen-bond acceptors (Lipinski definition) is 6. The Balaban J connectivity index is 1.65. The summed E-state index contributed by atoms with van der Waals surface area (Å²) in [5, 5.41) is 2.62. The lowest BCUT2D eigenvalue weighted by Crippen LogP contribution is -2.40. The number of nitrogens with one attached hydrogen (secondary N) is 1. The lowest BCUT2D eigenvalue weighted by Gasteiger charge is -2.26. The molecule has 11 heteroatoms. The van der Waals surface area contributed by atoms with E-state index >= 15 is 0 Å². The minimum absolute atomic E-state index is 0.0732. The average molecular weight is 468 g/mol. The summed E-state index contributed by atoms with van der Waals surface area (Å²) < 4.78 is 57.1. The molecule has 9 nitrogen and oxygen atoms in total. The topological polar surface area (TPSA) is 113 Å². The van der Waals surface area contributed by atoms with Crippen molar-refractivity contribution in [2.75, 3.05) is 44.4 Å². The summed E-state index contributed by atoms with van der Waals surface area (Å²) in [6.45, 7) is 1.01. The van der Waals surface area contributed by atoms with E-state index in [0.717, 1.165) is 16.1 Å². The summed E-state index contributed by atoms with van der Waals surface area (Å²) in [5.74, 6) is -0.523. The van der Waals surface area contributed by atoms with Crippen LogP contribution in [0.1, 0.15) is 5.56 Å². The van der Waals surface area contributed by atoms with E-state index in [1.807, 2.05) is 6.07 Å². The van der Waals surface area contributed by atoms with Crippen molar-refractivity contribution in [2.24, 2.45) is 0 Å². The molecule has 1 aliphatic rings. The fourth-order valence-corrected chi connectivity index (χ4v) is 5.23. The van der Waals surface area contributed by atoms with Crippen LogP contribution in [0.4, 0.5) is 5.69 Å². The molecule has 0 spiro atoms. The van der Waals surface area contributed by atoms with Gasteiger partial charge in [-0.3, -0.25) is 4.79 Å². The minimum atomic E-state index is -3.63. The van der Waals surface area contributed by atoms with Gasteiger partial charge in [-0.25, -0.2) is 16.8 Å². The Morgan fingerprint density at radius 2 is 1.61 bits per heavy atom. The smallest absolute Gasteiger partial charge is 0.243 e. The van der Waals surface area contributed by atoms with Gasteiger partial charge in [0.15, 0.2) is 0 Å². The van der Waals surface area contributed by atoms with Gasteiger partial charge in [-0.05, 0) is 29.8 Å². The summed E-state index contributed by atoms with van der Waals surface area (Å²) in [7, 11) is -7.24. The quantitative estimate of drug-likeness (QED) is 0.622. The predicted molar refractivity (Wildman–Crippen MR) is 116 cm³/mol. The maximum absolute atomic E-state index is 12.7. The fraction of sp³-hybridized carbons (Fsp3) is 0.350. The Morgan fingerprint density at radius 1 is 1.00 bits per heavy atom. The highest BCUT2D eigenvalue weighted by Gasteiger charge is 2.26. The number of hydrogen-bond donors (Lipinski definition) is 1. The highest BCUT2D eigenvalue weighted by Crippen LogP contribution is 2.19.